The summed E-state index contributed by atoms with van der Waals surface area (Å²) < 4.78 is 0. The molecule has 1 saturated carbocycles. The molecule has 3 atom stereocenters. The predicted molar refractivity (Wildman–Crippen MR) is 52.2 cm³/mol. The molecule has 2 aliphatic carbocycles. The van der Waals surface area contributed by atoms with Gasteiger partial charge in [-0.3, -0.25) is 4.79 Å². The molecule has 1 N–H and O–H groups in total. The maximum atomic E-state index is 10.9. The number of carboxylic acid groups (broad SMARTS) is 1. The van der Waals surface area contributed by atoms with Crippen LogP contribution in [0.1, 0.15) is 22.6 Å². The molecule has 72 valence electrons. The maximum absolute atomic E-state index is 10.9. The zero-order valence-electron chi connectivity index (χ0n) is 8.03. The Balaban J connectivity index is 2.01. The number of rotatable bonds is 1. The van der Waals surface area contributed by atoms with E-state index in [1.54, 1.807) is 0 Å². The second kappa shape index (κ2) is 2.38. The van der Waals surface area contributed by atoms with Crippen molar-refractivity contribution < 1.29 is 9.90 Å². The predicted octanol–water partition coefficient (Wildman–Crippen LogP) is 1.97. The van der Waals surface area contributed by atoms with Gasteiger partial charge in [0, 0.05) is 5.92 Å². The number of hydrogen-bond acceptors (Lipinski definition) is 1. The number of carbonyl (C=O) groups is 1. The van der Waals surface area contributed by atoms with Crippen molar-refractivity contribution >= 4 is 5.97 Å². The third-order valence-corrected chi connectivity index (χ3v) is 3.57. The van der Waals surface area contributed by atoms with Crippen LogP contribution in [0.4, 0.5) is 0 Å². The van der Waals surface area contributed by atoms with Crippen LogP contribution in [0.3, 0.4) is 0 Å². The lowest BCUT2D eigenvalue weighted by Gasteiger charge is -2.05. The Kier molecular flexibility index (Phi) is 1.37. The molecule has 2 aliphatic rings. The molecule has 0 aromatic heterocycles. The Hall–Kier alpha value is -1.31. The van der Waals surface area contributed by atoms with E-state index in [1.807, 2.05) is 0 Å². The molecule has 0 saturated heterocycles. The second-order valence-corrected chi connectivity index (χ2v) is 4.46. The Morgan fingerprint density at radius 2 is 2.29 bits per heavy atom. The molecule has 1 aromatic rings. The normalized spacial score (nSPS) is 32.2. The van der Waals surface area contributed by atoms with Crippen molar-refractivity contribution in [1.82, 2.24) is 0 Å². The molecule has 0 radical (unpaired) electrons. The lowest BCUT2D eigenvalue weighted by molar-refractivity contribution is -0.139. The average molecular weight is 188 g/mol. The van der Waals surface area contributed by atoms with E-state index in [0.717, 1.165) is 6.42 Å². The Morgan fingerprint density at radius 3 is 3.00 bits per heavy atom. The van der Waals surface area contributed by atoms with Crippen LogP contribution in [0.15, 0.2) is 18.2 Å². The number of hydrogen-bond donors (Lipinski definition) is 1. The van der Waals surface area contributed by atoms with E-state index in [-0.39, 0.29) is 5.92 Å². The Labute approximate surface area is 82.6 Å². The summed E-state index contributed by atoms with van der Waals surface area (Å²) in [6, 6.07) is 6.41. The monoisotopic (exact) mass is 188 g/mol. The lowest BCUT2D eigenvalue weighted by Crippen LogP contribution is -2.05. The molecule has 0 heterocycles. The molecule has 0 aliphatic heterocycles. The largest absolute Gasteiger partial charge is 0.481 e. The van der Waals surface area contributed by atoms with Gasteiger partial charge in [-0.15, -0.1) is 0 Å². The molecule has 14 heavy (non-hydrogen) atoms. The minimum atomic E-state index is -0.618. The van der Waals surface area contributed by atoms with E-state index < -0.39 is 5.97 Å². The number of fused-ring (bicyclic) bond motifs is 3. The van der Waals surface area contributed by atoms with Crippen LogP contribution in [-0.4, -0.2) is 11.1 Å². The summed E-state index contributed by atoms with van der Waals surface area (Å²) in [6.07, 6.45) is 0.969. The van der Waals surface area contributed by atoms with Crippen LogP contribution in [-0.2, 0) is 11.2 Å². The van der Waals surface area contributed by atoms with Gasteiger partial charge in [0.15, 0.2) is 0 Å². The van der Waals surface area contributed by atoms with E-state index in [0.29, 0.717) is 11.8 Å². The van der Waals surface area contributed by atoms with E-state index in [9.17, 15) is 4.79 Å². The quantitative estimate of drug-likeness (QED) is 0.731. The van der Waals surface area contributed by atoms with Crippen LogP contribution in [0.25, 0.3) is 0 Å². The zero-order valence-corrected chi connectivity index (χ0v) is 8.03. The van der Waals surface area contributed by atoms with Gasteiger partial charge >= 0.3 is 5.97 Å². The molecule has 0 bridgehead atoms. The third-order valence-electron chi connectivity index (χ3n) is 3.57. The highest BCUT2D eigenvalue weighted by Crippen LogP contribution is 2.61. The average Bonchev–Trinajstić information content (AvgIpc) is 2.73. The summed E-state index contributed by atoms with van der Waals surface area (Å²) in [4.78, 5) is 10.9. The van der Waals surface area contributed by atoms with E-state index >= 15 is 0 Å². The van der Waals surface area contributed by atoms with Gasteiger partial charge < -0.3 is 5.11 Å². The van der Waals surface area contributed by atoms with Crippen LogP contribution in [0.5, 0.6) is 0 Å². The highest BCUT2D eigenvalue weighted by Gasteiger charge is 2.59. The smallest absolute Gasteiger partial charge is 0.307 e. The van der Waals surface area contributed by atoms with Gasteiger partial charge in [-0.25, -0.2) is 0 Å². The van der Waals surface area contributed by atoms with E-state index in [4.69, 9.17) is 5.11 Å². The van der Waals surface area contributed by atoms with Crippen molar-refractivity contribution in [2.75, 3.05) is 0 Å². The van der Waals surface area contributed by atoms with Gasteiger partial charge in [-0.05, 0) is 30.4 Å². The Morgan fingerprint density at radius 1 is 1.50 bits per heavy atom. The number of aliphatic carboxylic acids is 1. The van der Waals surface area contributed by atoms with Gasteiger partial charge in [0.2, 0.25) is 0 Å². The molecule has 2 nitrogen and oxygen atoms in total. The van der Waals surface area contributed by atoms with Gasteiger partial charge in [0.05, 0.1) is 5.92 Å². The summed E-state index contributed by atoms with van der Waals surface area (Å²) in [5.74, 6) is 0.00292. The minimum Gasteiger partial charge on any atom is -0.481 e. The first-order chi connectivity index (χ1) is 6.68. The molecule has 3 rings (SSSR count). The summed E-state index contributed by atoms with van der Waals surface area (Å²) >= 11 is 0. The standard InChI is InChI=1S/C12H12O2/c1-6-2-3-7-5-9-10(8(7)4-6)11(9)12(13)14/h2-4,9-11H,5H2,1H3,(H,13,14). The Bertz CT molecular complexity index is 422. The summed E-state index contributed by atoms with van der Waals surface area (Å²) in [5, 5.41) is 8.95. The van der Waals surface area contributed by atoms with Crippen molar-refractivity contribution in [1.29, 1.82) is 0 Å². The van der Waals surface area contributed by atoms with Crippen LogP contribution < -0.4 is 0 Å². The SMILES string of the molecule is Cc1ccc2c(c1)C1C(C2)C1C(=O)O. The maximum Gasteiger partial charge on any atom is 0.307 e. The summed E-state index contributed by atoms with van der Waals surface area (Å²) in [6.45, 7) is 2.06. The topological polar surface area (TPSA) is 37.3 Å². The van der Waals surface area contributed by atoms with Crippen LogP contribution in [0, 0.1) is 18.8 Å². The third kappa shape index (κ3) is 0.884. The molecule has 1 fully saturated rings. The van der Waals surface area contributed by atoms with Crippen LogP contribution in [0.2, 0.25) is 0 Å². The summed E-state index contributed by atoms with van der Waals surface area (Å²) in [5.41, 5.74) is 3.89. The molecule has 3 unspecified atom stereocenters. The fourth-order valence-electron chi connectivity index (χ4n) is 2.85. The van der Waals surface area contributed by atoms with Crippen molar-refractivity contribution in [3.8, 4) is 0 Å². The molecular weight excluding hydrogens is 176 g/mol. The molecule has 0 amide bonds. The highest BCUT2D eigenvalue weighted by atomic mass is 16.4. The second-order valence-electron chi connectivity index (χ2n) is 4.46. The number of benzene rings is 1. The summed E-state index contributed by atoms with van der Waals surface area (Å²) in [7, 11) is 0. The van der Waals surface area contributed by atoms with Gasteiger partial charge in [0.1, 0.15) is 0 Å². The minimum absolute atomic E-state index is 0.0932. The fourth-order valence-corrected chi connectivity index (χ4v) is 2.85. The van der Waals surface area contributed by atoms with Crippen molar-refractivity contribution in [2.24, 2.45) is 11.8 Å². The molecular formula is C12H12O2. The molecule has 0 spiro atoms. The van der Waals surface area contributed by atoms with Crippen molar-refractivity contribution in [3.63, 3.8) is 0 Å². The fraction of sp³-hybridized carbons (Fsp3) is 0.417. The van der Waals surface area contributed by atoms with Gasteiger partial charge in [0.25, 0.3) is 0 Å². The first-order valence-corrected chi connectivity index (χ1v) is 5.00. The first kappa shape index (κ1) is 8.04. The highest BCUT2D eigenvalue weighted by molar-refractivity contribution is 5.77. The molecule has 1 aromatic carbocycles. The zero-order chi connectivity index (χ0) is 9.87. The van der Waals surface area contributed by atoms with E-state index in [2.05, 4.69) is 25.1 Å². The van der Waals surface area contributed by atoms with Gasteiger partial charge in [-0.1, -0.05) is 23.8 Å². The number of carboxylic acids is 1. The van der Waals surface area contributed by atoms with Crippen LogP contribution >= 0.6 is 0 Å². The van der Waals surface area contributed by atoms with Crippen molar-refractivity contribution in [2.45, 2.75) is 19.3 Å². The van der Waals surface area contributed by atoms with Crippen molar-refractivity contribution in [3.05, 3.63) is 34.9 Å². The van der Waals surface area contributed by atoms with E-state index in [1.165, 1.54) is 16.7 Å². The van der Waals surface area contributed by atoms with Gasteiger partial charge in [-0.2, -0.15) is 0 Å². The first-order valence-electron chi connectivity index (χ1n) is 5.00. The molecule has 2 heteroatoms. The number of aryl methyl sites for hydroxylation is 1. The lowest BCUT2D eigenvalue weighted by atomic mass is 10.0.